The fourth-order valence-electron chi connectivity index (χ4n) is 2.97. The second-order valence-electron chi connectivity index (χ2n) is 6.72. The average molecular weight is 447 g/mol. The minimum absolute atomic E-state index is 0.130. The number of hydrogen-bond acceptors (Lipinski definition) is 8. The molecule has 4 aromatic rings. The van der Waals surface area contributed by atoms with E-state index in [0.717, 1.165) is 23.1 Å². The number of nitrogens with zero attached hydrogens (tertiary/aromatic N) is 2. The topological polar surface area (TPSA) is 95.7 Å². The van der Waals surface area contributed by atoms with E-state index in [0.29, 0.717) is 34.0 Å². The van der Waals surface area contributed by atoms with Crippen molar-refractivity contribution in [2.75, 3.05) is 17.9 Å². The number of aromatic nitrogens is 2. The van der Waals surface area contributed by atoms with E-state index < -0.39 is 0 Å². The van der Waals surface area contributed by atoms with E-state index in [4.69, 9.17) is 18.6 Å². The number of benzene rings is 3. The van der Waals surface area contributed by atoms with Crippen molar-refractivity contribution in [2.45, 2.75) is 5.22 Å². The van der Waals surface area contributed by atoms with Gasteiger partial charge in [0.1, 0.15) is 11.5 Å². The number of carbonyl (C=O) groups is 1. The lowest BCUT2D eigenvalue weighted by atomic mass is 10.2. The Labute approximate surface area is 187 Å². The van der Waals surface area contributed by atoms with Crippen molar-refractivity contribution in [3.63, 3.8) is 0 Å². The van der Waals surface area contributed by atoms with Gasteiger partial charge in [-0.25, -0.2) is 0 Å². The first-order chi connectivity index (χ1) is 15.7. The molecule has 3 aromatic carbocycles. The highest BCUT2D eigenvalue weighted by Gasteiger charge is 2.17. The third-order valence-electron chi connectivity index (χ3n) is 4.47. The maximum atomic E-state index is 12.3. The molecule has 0 saturated carbocycles. The summed E-state index contributed by atoms with van der Waals surface area (Å²) in [5.41, 5.74) is 1.39. The molecule has 0 bridgehead atoms. The lowest BCUT2D eigenvalue weighted by Gasteiger charge is -2.07. The van der Waals surface area contributed by atoms with Crippen LogP contribution in [0.1, 0.15) is 0 Å². The number of nitrogens with one attached hydrogen (secondary N) is 1. The van der Waals surface area contributed by atoms with E-state index in [2.05, 4.69) is 15.5 Å². The summed E-state index contributed by atoms with van der Waals surface area (Å²) in [5.74, 6) is 3.04. The van der Waals surface area contributed by atoms with Gasteiger partial charge in [0, 0.05) is 11.3 Å². The van der Waals surface area contributed by atoms with Gasteiger partial charge in [0.15, 0.2) is 11.5 Å². The van der Waals surface area contributed by atoms with E-state index in [1.54, 1.807) is 36.4 Å². The van der Waals surface area contributed by atoms with Crippen molar-refractivity contribution in [3.05, 3.63) is 72.8 Å². The first-order valence-corrected chi connectivity index (χ1v) is 10.7. The number of anilines is 1. The molecule has 1 aromatic heterocycles. The third kappa shape index (κ3) is 4.68. The van der Waals surface area contributed by atoms with Crippen LogP contribution in [0.25, 0.3) is 11.5 Å². The Kier molecular flexibility index (Phi) is 5.63. The van der Waals surface area contributed by atoms with E-state index in [1.165, 1.54) is 0 Å². The quantitative estimate of drug-likeness (QED) is 0.396. The van der Waals surface area contributed by atoms with Crippen molar-refractivity contribution in [3.8, 4) is 34.5 Å². The molecule has 1 aliphatic rings. The molecule has 1 N–H and O–H groups in total. The Morgan fingerprint density at radius 1 is 0.938 bits per heavy atom. The monoisotopic (exact) mass is 447 g/mol. The molecule has 0 fully saturated rings. The minimum Gasteiger partial charge on any atom is -0.457 e. The van der Waals surface area contributed by atoms with Crippen molar-refractivity contribution in [1.29, 1.82) is 0 Å². The molecule has 0 unspecified atom stereocenters. The second-order valence-corrected chi connectivity index (χ2v) is 7.64. The standard InChI is InChI=1S/C23H17N3O5S/c27-21(24-16-7-9-18(10-8-16)30-17-4-2-1-3-5-17)13-32-23-26-25-22(31-23)15-6-11-19-20(12-15)29-14-28-19/h1-12H,13-14H2,(H,24,27). The molecule has 9 heteroatoms. The third-order valence-corrected chi connectivity index (χ3v) is 5.29. The van der Waals surface area contributed by atoms with Crippen LogP contribution in [-0.4, -0.2) is 28.7 Å². The zero-order chi connectivity index (χ0) is 21.8. The Balaban J connectivity index is 1.14. The number of hydrogen-bond donors (Lipinski definition) is 1. The Morgan fingerprint density at radius 3 is 2.56 bits per heavy atom. The van der Waals surface area contributed by atoms with Crippen molar-refractivity contribution >= 4 is 23.4 Å². The average Bonchev–Trinajstić information content (AvgIpc) is 3.49. The van der Waals surface area contributed by atoms with E-state index in [-0.39, 0.29) is 18.5 Å². The van der Waals surface area contributed by atoms with Crippen LogP contribution >= 0.6 is 11.8 Å². The number of ether oxygens (including phenoxy) is 3. The summed E-state index contributed by atoms with van der Waals surface area (Å²) in [7, 11) is 0. The van der Waals surface area contributed by atoms with Crippen LogP contribution in [0.4, 0.5) is 5.69 Å². The Hall–Kier alpha value is -3.98. The Morgan fingerprint density at radius 2 is 1.72 bits per heavy atom. The number of fused-ring (bicyclic) bond motifs is 1. The van der Waals surface area contributed by atoms with Gasteiger partial charge in [-0.2, -0.15) is 0 Å². The minimum atomic E-state index is -0.186. The normalized spacial score (nSPS) is 11.9. The number of thioether (sulfide) groups is 1. The van der Waals surface area contributed by atoms with E-state index in [9.17, 15) is 4.79 Å². The van der Waals surface area contributed by atoms with Crippen LogP contribution in [0.2, 0.25) is 0 Å². The molecular weight excluding hydrogens is 430 g/mol. The van der Waals surface area contributed by atoms with Crippen LogP contribution in [0.3, 0.4) is 0 Å². The van der Waals surface area contributed by atoms with Crippen LogP contribution < -0.4 is 19.5 Å². The lowest BCUT2D eigenvalue weighted by Crippen LogP contribution is -2.13. The van der Waals surface area contributed by atoms with Crippen LogP contribution in [0.15, 0.2) is 82.4 Å². The first-order valence-electron chi connectivity index (χ1n) is 9.72. The molecule has 0 saturated heterocycles. The van der Waals surface area contributed by atoms with Crippen LogP contribution in [-0.2, 0) is 4.79 Å². The molecule has 1 aliphatic heterocycles. The van der Waals surface area contributed by atoms with Gasteiger partial charge < -0.3 is 23.9 Å². The largest absolute Gasteiger partial charge is 0.457 e. The molecule has 8 nitrogen and oxygen atoms in total. The zero-order valence-corrected chi connectivity index (χ0v) is 17.5. The fraction of sp³-hybridized carbons (Fsp3) is 0.0870. The summed E-state index contributed by atoms with van der Waals surface area (Å²) in [5, 5.41) is 11.2. The fourth-order valence-corrected chi connectivity index (χ4v) is 3.53. The highest BCUT2D eigenvalue weighted by Crippen LogP contribution is 2.36. The summed E-state index contributed by atoms with van der Waals surface area (Å²) < 4.78 is 22.1. The van der Waals surface area contributed by atoms with Gasteiger partial charge in [-0.1, -0.05) is 30.0 Å². The summed E-state index contributed by atoms with van der Waals surface area (Å²) in [6, 6.07) is 22.0. The lowest BCUT2D eigenvalue weighted by molar-refractivity contribution is -0.113. The number of para-hydroxylation sites is 1. The van der Waals surface area contributed by atoms with Crippen LogP contribution in [0.5, 0.6) is 23.0 Å². The first kappa shape index (κ1) is 20.0. The van der Waals surface area contributed by atoms with Gasteiger partial charge in [-0.05, 0) is 54.6 Å². The van der Waals surface area contributed by atoms with E-state index in [1.807, 2.05) is 36.4 Å². The van der Waals surface area contributed by atoms with E-state index >= 15 is 0 Å². The SMILES string of the molecule is O=C(CSc1nnc(-c2ccc3c(c2)OCO3)o1)Nc1ccc(Oc2ccccc2)cc1. The molecule has 0 aliphatic carbocycles. The number of rotatable bonds is 7. The van der Waals surface area contributed by atoms with Crippen molar-refractivity contribution in [2.24, 2.45) is 0 Å². The second kappa shape index (κ2) is 9.03. The van der Waals surface area contributed by atoms with Crippen molar-refractivity contribution in [1.82, 2.24) is 10.2 Å². The van der Waals surface area contributed by atoms with Gasteiger partial charge in [0.2, 0.25) is 18.6 Å². The summed E-state index contributed by atoms with van der Waals surface area (Å²) >= 11 is 1.16. The Bertz CT molecular complexity index is 1230. The maximum Gasteiger partial charge on any atom is 0.277 e. The molecule has 2 heterocycles. The molecule has 160 valence electrons. The predicted molar refractivity (Wildman–Crippen MR) is 118 cm³/mol. The smallest absolute Gasteiger partial charge is 0.277 e. The molecule has 0 radical (unpaired) electrons. The molecule has 0 spiro atoms. The van der Waals surface area contributed by atoms with Gasteiger partial charge in [-0.3, -0.25) is 4.79 Å². The van der Waals surface area contributed by atoms with Gasteiger partial charge in [0.25, 0.3) is 5.22 Å². The van der Waals surface area contributed by atoms with Crippen molar-refractivity contribution < 1.29 is 23.4 Å². The highest BCUT2D eigenvalue weighted by atomic mass is 32.2. The molecule has 0 atom stereocenters. The summed E-state index contributed by atoms with van der Waals surface area (Å²) in [4.78, 5) is 12.3. The molecule has 1 amide bonds. The molecule has 32 heavy (non-hydrogen) atoms. The number of carbonyl (C=O) groups excluding carboxylic acids is 1. The zero-order valence-electron chi connectivity index (χ0n) is 16.7. The summed E-state index contributed by atoms with van der Waals surface area (Å²) in [6.07, 6.45) is 0. The van der Waals surface area contributed by atoms with Crippen LogP contribution in [0, 0.1) is 0 Å². The molecule has 5 rings (SSSR count). The molecular formula is C23H17N3O5S. The van der Waals surface area contributed by atoms with Gasteiger partial charge >= 0.3 is 0 Å². The van der Waals surface area contributed by atoms with Gasteiger partial charge in [-0.15, -0.1) is 10.2 Å². The maximum absolute atomic E-state index is 12.3. The highest BCUT2D eigenvalue weighted by molar-refractivity contribution is 7.99. The number of amides is 1. The summed E-state index contributed by atoms with van der Waals surface area (Å²) in [6.45, 7) is 0.196. The van der Waals surface area contributed by atoms with Gasteiger partial charge in [0.05, 0.1) is 5.75 Å². The predicted octanol–water partition coefficient (Wildman–Crippen LogP) is 4.99.